The fraction of sp³-hybridized carbons (Fsp3) is 0.333. The number of benzene rings is 1. The number of carbonyl (C=O) groups is 1. The molecule has 4 heteroatoms. The van der Waals surface area contributed by atoms with E-state index in [9.17, 15) is 4.79 Å². The molecule has 1 aromatic heterocycles. The molecule has 22 heavy (non-hydrogen) atoms. The standard InChI is InChI=1S/C18H21NO3/c1-3-21-17-9-8-16(12-14(17)2)18(20)22-11-5-7-15-6-4-10-19-13-15/h4,6,8-10,12-13H,3,5,7,11H2,1-2H3. The minimum absolute atomic E-state index is 0.294. The summed E-state index contributed by atoms with van der Waals surface area (Å²) in [7, 11) is 0. The summed E-state index contributed by atoms with van der Waals surface area (Å²) in [6.07, 6.45) is 5.21. The lowest BCUT2D eigenvalue weighted by Crippen LogP contribution is -2.08. The highest BCUT2D eigenvalue weighted by Crippen LogP contribution is 2.19. The van der Waals surface area contributed by atoms with Gasteiger partial charge >= 0.3 is 5.97 Å². The van der Waals surface area contributed by atoms with E-state index in [1.165, 1.54) is 0 Å². The minimum atomic E-state index is -0.294. The van der Waals surface area contributed by atoms with E-state index in [2.05, 4.69) is 4.98 Å². The smallest absolute Gasteiger partial charge is 0.338 e. The van der Waals surface area contributed by atoms with E-state index < -0.39 is 0 Å². The van der Waals surface area contributed by atoms with Crippen molar-refractivity contribution in [1.82, 2.24) is 4.98 Å². The summed E-state index contributed by atoms with van der Waals surface area (Å²) in [5.74, 6) is 0.507. The second kappa shape index (κ2) is 8.17. The number of esters is 1. The molecule has 1 heterocycles. The predicted molar refractivity (Wildman–Crippen MR) is 85.2 cm³/mol. The number of nitrogens with zero attached hydrogens (tertiary/aromatic N) is 1. The van der Waals surface area contributed by atoms with Crippen LogP contribution in [0, 0.1) is 6.92 Å². The Bertz CT molecular complexity index is 611. The van der Waals surface area contributed by atoms with Gasteiger partial charge < -0.3 is 9.47 Å². The van der Waals surface area contributed by atoms with Gasteiger partial charge in [0.05, 0.1) is 18.8 Å². The van der Waals surface area contributed by atoms with Crippen LogP contribution in [0.5, 0.6) is 5.75 Å². The Labute approximate surface area is 131 Å². The van der Waals surface area contributed by atoms with Gasteiger partial charge in [0, 0.05) is 12.4 Å². The van der Waals surface area contributed by atoms with E-state index in [-0.39, 0.29) is 5.97 Å². The molecule has 1 aromatic carbocycles. The lowest BCUT2D eigenvalue weighted by atomic mass is 10.1. The van der Waals surface area contributed by atoms with Gasteiger partial charge in [-0.1, -0.05) is 6.07 Å². The van der Waals surface area contributed by atoms with Crippen molar-refractivity contribution < 1.29 is 14.3 Å². The first kappa shape index (κ1) is 16.0. The number of ether oxygens (including phenoxy) is 2. The Morgan fingerprint density at radius 1 is 1.27 bits per heavy atom. The normalized spacial score (nSPS) is 10.3. The molecular formula is C18H21NO3. The third-order valence-electron chi connectivity index (χ3n) is 3.28. The van der Waals surface area contributed by atoms with Crippen LogP contribution in [0.2, 0.25) is 0 Å². The Morgan fingerprint density at radius 2 is 2.14 bits per heavy atom. The molecule has 0 radical (unpaired) electrons. The van der Waals surface area contributed by atoms with Crippen molar-refractivity contribution in [3.05, 3.63) is 59.4 Å². The third-order valence-corrected chi connectivity index (χ3v) is 3.28. The van der Waals surface area contributed by atoms with Crippen LogP contribution < -0.4 is 4.74 Å². The summed E-state index contributed by atoms with van der Waals surface area (Å²) in [6.45, 7) is 4.87. The van der Waals surface area contributed by atoms with Gasteiger partial charge in [-0.3, -0.25) is 4.98 Å². The monoisotopic (exact) mass is 299 g/mol. The second-order valence-electron chi connectivity index (χ2n) is 5.01. The number of hydrogen-bond donors (Lipinski definition) is 0. The molecule has 0 spiro atoms. The molecule has 0 N–H and O–H groups in total. The summed E-state index contributed by atoms with van der Waals surface area (Å²) in [6, 6.07) is 9.27. The number of rotatable bonds is 7. The van der Waals surface area contributed by atoms with Gasteiger partial charge in [0.1, 0.15) is 5.75 Å². The molecule has 2 rings (SSSR count). The van der Waals surface area contributed by atoms with Crippen molar-refractivity contribution in [3.63, 3.8) is 0 Å². The minimum Gasteiger partial charge on any atom is -0.494 e. The van der Waals surface area contributed by atoms with E-state index in [4.69, 9.17) is 9.47 Å². The molecule has 0 aliphatic heterocycles. The van der Waals surface area contributed by atoms with Crippen LogP contribution in [0.4, 0.5) is 0 Å². The van der Waals surface area contributed by atoms with Gasteiger partial charge in [-0.05, 0) is 62.1 Å². The molecule has 2 aromatic rings. The molecule has 0 atom stereocenters. The van der Waals surface area contributed by atoms with Crippen LogP contribution in [-0.2, 0) is 11.2 Å². The van der Waals surface area contributed by atoms with Crippen LogP contribution in [-0.4, -0.2) is 24.2 Å². The number of pyridine rings is 1. The van der Waals surface area contributed by atoms with Gasteiger partial charge in [-0.15, -0.1) is 0 Å². The van der Waals surface area contributed by atoms with Gasteiger partial charge in [0.15, 0.2) is 0 Å². The topological polar surface area (TPSA) is 48.4 Å². The van der Waals surface area contributed by atoms with E-state index in [0.29, 0.717) is 18.8 Å². The summed E-state index contributed by atoms with van der Waals surface area (Å²) in [4.78, 5) is 16.1. The fourth-order valence-electron chi connectivity index (χ4n) is 2.16. The molecule has 0 aliphatic carbocycles. The summed E-state index contributed by atoms with van der Waals surface area (Å²) in [5.41, 5.74) is 2.64. The van der Waals surface area contributed by atoms with Gasteiger partial charge in [0.25, 0.3) is 0 Å². The van der Waals surface area contributed by atoms with Crippen molar-refractivity contribution >= 4 is 5.97 Å². The van der Waals surface area contributed by atoms with Gasteiger partial charge in [-0.25, -0.2) is 4.79 Å². The first-order valence-electron chi connectivity index (χ1n) is 7.50. The van der Waals surface area contributed by atoms with E-state index >= 15 is 0 Å². The molecule has 0 amide bonds. The zero-order valence-corrected chi connectivity index (χ0v) is 13.0. The van der Waals surface area contributed by atoms with Gasteiger partial charge in [0.2, 0.25) is 0 Å². The fourth-order valence-corrected chi connectivity index (χ4v) is 2.16. The summed E-state index contributed by atoms with van der Waals surface area (Å²) >= 11 is 0. The zero-order valence-electron chi connectivity index (χ0n) is 13.0. The third kappa shape index (κ3) is 4.58. The van der Waals surface area contributed by atoms with Crippen LogP contribution in [0.1, 0.15) is 34.8 Å². The largest absolute Gasteiger partial charge is 0.494 e. The van der Waals surface area contributed by atoms with Crippen LogP contribution in [0.15, 0.2) is 42.7 Å². The SMILES string of the molecule is CCOc1ccc(C(=O)OCCCc2cccnc2)cc1C. The van der Waals surface area contributed by atoms with E-state index in [0.717, 1.165) is 29.7 Å². The molecule has 116 valence electrons. The highest BCUT2D eigenvalue weighted by molar-refractivity contribution is 5.89. The lowest BCUT2D eigenvalue weighted by Gasteiger charge is -2.09. The highest BCUT2D eigenvalue weighted by Gasteiger charge is 2.09. The maximum absolute atomic E-state index is 12.0. The maximum atomic E-state index is 12.0. The van der Waals surface area contributed by atoms with Crippen molar-refractivity contribution in [1.29, 1.82) is 0 Å². The zero-order chi connectivity index (χ0) is 15.8. The van der Waals surface area contributed by atoms with Crippen molar-refractivity contribution in [2.75, 3.05) is 13.2 Å². The molecule has 0 bridgehead atoms. The molecule has 0 unspecified atom stereocenters. The molecule has 4 nitrogen and oxygen atoms in total. The number of hydrogen-bond acceptors (Lipinski definition) is 4. The average molecular weight is 299 g/mol. The number of carbonyl (C=O) groups excluding carboxylic acids is 1. The van der Waals surface area contributed by atoms with Crippen molar-refractivity contribution in [3.8, 4) is 5.75 Å². The Hall–Kier alpha value is -2.36. The highest BCUT2D eigenvalue weighted by atomic mass is 16.5. The first-order chi connectivity index (χ1) is 10.7. The Morgan fingerprint density at radius 3 is 2.82 bits per heavy atom. The van der Waals surface area contributed by atoms with Crippen LogP contribution >= 0.6 is 0 Å². The van der Waals surface area contributed by atoms with Crippen molar-refractivity contribution in [2.45, 2.75) is 26.7 Å². The van der Waals surface area contributed by atoms with Gasteiger partial charge in [-0.2, -0.15) is 0 Å². The van der Waals surface area contributed by atoms with E-state index in [1.54, 1.807) is 18.3 Å². The Balaban J connectivity index is 1.81. The average Bonchev–Trinajstić information content (AvgIpc) is 2.54. The Kier molecular flexibility index (Phi) is 5.95. The summed E-state index contributed by atoms with van der Waals surface area (Å²) < 4.78 is 10.8. The second-order valence-corrected chi connectivity index (χ2v) is 5.01. The number of aryl methyl sites for hydroxylation is 2. The summed E-state index contributed by atoms with van der Waals surface area (Å²) in [5, 5.41) is 0. The molecule has 0 aliphatic rings. The van der Waals surface area contributed by atoms with Crippen LogP contribution in [0.3, 0.4) is 0 Å². The molecular weight excluding hydrogens is 278 g/mol. The first-order valence-corrected chi connectivity index (χ1v) is 7.50. The quantitative estimate of drug-likeness (QED) is 0.579. The maximum Gasteiger partial charge on any atom is 0.338 e. The molecule has 0 saturated carbocycles. The molecule has 0 saturated heterocycles. The molecule has 0 fully saturated rings. The van der Waals surface area contributed by atoms with Crippen LogP contribution in [0.25, 0.3) is 0 Å². The predicted octanol–water partition coefficient (Wildman–Crippen LogP) is 3.58. The number of aromatic nitrogens is 1. The lowest BCUT2D eigenvalue weighted by molar-refractivity contribution is 0.0500. The van der Waals surface area contributed by atoms with Crippen molar-refractivity contribution in [2.24, 2.45) is 0 Å². The van der Waals surface area contributed by atoms with E-state index in [1.807, 2.05) is 38.2 Å².